The molecule has 0 spiro atoms. The molecule has 0 aromatic heterocycles. The van der Waals surface area contributed by atoms with Crippen molar-refractivity contribution in [3.8, 4) is 0 Å². The van der Waals surface area contributed by atoms with Gasteiger partial charge in [0.05, 0.1) is 12.5 Å². The highest BCUT2D eigenvalue weighted by molar-refractivity contribution is 5.70. The van der Waals surface area contributed by atoms with Crippen LogP contribution in [-0.2, 0) is 9.53 Å². The Bertz CT molecular complexity index is 243. The van der Waals surface area contributed by atoms with Crippen molar-refractivity contribution in [1.29, 1.82) is 0 Å². The van der Waals surface area contributed by atoms with Crippen LogP contribution in [0.3, 0.4) is 0 Å². The summed E-state index contributed by atoms with van der Waals surface area (Å²) in [5.74, 6) is -0.318. The number of ether oxygens (including phenoxy) is 1. The van der Waals surface area contributed by atoms with E-state index in [2.05, 4.69) is 19.2 Å². The van der Waals surface area contributed by atoms with Gasteiger partial charge in [-0.1, -0.05) is 20.3 Å². The van der Waals surface area contributed by atoms with Gasteiger partial charge in [-0.05, 0) is 25.2 Å². The molecule has 1 aliphatic carbocycles. The lowest BCUT2D eigenvalue weighted by Gasteiger charge is -2.32. The first kappa shape index (κ1) is 14.5. The number of methoxy groups -OCH3 is 1. The van der Waals surface area contributed by atoms with Crippen LogP contribution < -0.4 is 5.32 Å². The van der Waals surface area contributed by atoms with Gasteiger partial charge < -0.3 is 15.2 Å². The normalized spacial score (nSPS) is 27.1. The van der Waals surface area contributed by atoms with E-state index in [-0.39, 0.29) is 5.92 Å². The molecule has 0 aromatic rings. The van der Waals surface area contributed by atoms with Crippen LogP contribution in [0.1, 0.15) is 39.5 Å². The second-order valence-electron chi connectivity index (χ2n) is 5.37. The number of carboxylic acids is 1. The zero-order chi connectivity index (χ0) is 12.8. The molecule has 1 aliphatic rings. The Labute approximate surface area is 104 Å². The smallest absolute Gasteiger partial charge is 0.306 e. The van der Waals surface area contributed by atoms with E-state index in [0.717, 1.165) is 25.7 Å². The largest absolute Gasteiger partial charge is 0.481 e. The summed E-state index contributed by atoms with van der Waals surface area (Å²) >= 11 is 0. The Morgan fingerprint density at radius 1 is 1.47 bits per heavy atom. The van der Waals surface area contributed by atoms with Gasteiger partial charge in [-0.15, -0.1) is 0 Å². The van der Waals surface area contributed by atoms with Gasteiger partial charge in [-0.2, -0.15) is 0 Å². The average molecular weight is 243 g/mol. The van der Waals surface area contributed by atoms with Crippen molar-refractivity contribution in [2.24, 2.45) is 11.8 Å². The maximum Gasteiger partial charge on any atom is 0.306 e. The van der Waals surface area contributed by atoms with Crippen molar-refractivity contribution < 1.29 is 14.6 Å². The van der Waals surface area contributed by atoms with Crippen LogP contribution in [0.15, 0.2) is 0 Å². The minimum absolute atomic E-state index is 0.170. The second kappa shape index (κ2) is 6.97. The van der Waals surface area contributed by atoms with Crippen LogP contribution in [0.2, 0.25) is 0 Å². The highest BCUT2D eigenvalue weighted by Crippen LogP contribution is 2.25. The summed E-state index contributed by atoms with van der Waals surface area (Å²) in [5.41, 5.74) is 0. The summed E-state index contributed by atoms with van der Waals surface area (Å²) in [6.45, 7) is 5.01. The fourth-order valence-electron chi connectivity index (χ4n) is 2.48. The predicted molar refractivity (Wildman–Crippen MR) is 67.0 cm³/mol. The van der Waals surface area contributed by atoms with Crippen LogP contribution in [0.5, 0.6) is 0 Å². The number of carboxylic acid groups (broad SMARTS) is 1. The lowest BCUT2D eigenvalue weighted by molar-refractivity contribution is -0.143. The summed E-state index contributed by atoms with van der Waals surface area (Å²) in [5, 5.41) is 12.6. The molecule has 0 bridgehead atoms. The molecule has 0 saturated heterocycles. The highest BCUT2D eigenvalue weighted by Gasteiger charge is 2.28. The minimum atomic E-state index is -0.649. The average Bonchev–Trinajstić information content (AvgIpc) is 2.28. The lowest BCUT2D eigenvalue weighted by Crippen LogP contribution is -2.46. The zero-order valence-electron chi connectivity index (χ0n) is 11.1. The molecule has 17 heavy (non-hydrogen) atoms. The number of aliphatic carboxylic acids is 1. The van der Waals surface area contributed by atoms with Crippen molar-refractivity contribution in [1.82, 2.24) is 5.32 Å². The molecule has 0 radical (unpaired) electrons. The molecule has 1 fully saturated rings. The van der Waals surface area contributed by atoms with Crippen LogP contribution >= 0.6 is 0 Å². The molecule has 4 heteroatoms. The summed E-state index contributed by atoms with van der Waals surface area (Å²) in [6, 6.07) is 0.643. The molecule has 100 valence electrons. The molecule has 3 unspecified atom stereocenters. The Morgan fingerprint density at radius 2 is 2.18 bits per heavy atom. The fourth-order valence-corrected chi connectivity index (χ4v) is 2.48. The monoisotopic (exact) mass is 243 g/mol. The first-order chi connectivity index (χ1) is 8.04. The van der Waals surface area contributed by atoms with Crippen LogP contribution in [0.25, 0.3) is 0 Å². The third-order valence-corrected chi connectivity index (χ3v) is 3.62. The van der Waals surface area contributed by atoms with Crippen molar-refractivity contribution in [3.63, 3.8) is 0 Å². The highest BCUT2D eigenvalue weighted by atomic mass is 16.5. The third-order valence-electron chi connectivity index (χ3n) is 3.62. The molecule has 2 N–H and O–H groups in total. The number of hydrogen-bond acceptors (Lipinski definition) is 3. The molecule has 3 atom stereocenters. The Morgan fingerprint density at radius 3 is 2.71 bits per heavy atom. The molecule has 1 rings (SSSR count). The topological polar surface area (TPSA) is 58.6 Å². The van der Waals surface area contributed by atoms with E-state index >= 15 is 0 Å². The first-order valence-electron chi connectivity index (χ1n) is 6.52. The predicted octanol–water partition coefficient (Wildman–Crippen LogP) is 1.89. The molecule has 0 amide bonds. The quantitative estimate of drug-likeness (QED) is 0.748. The lowest BCUT2D eigenvalue weighted by atomic mass is 9.85. The van der Waals surface area contributed by atoms with E-state index in [1.165, 1.54) is 0 Å². The van der Waals surface area contributed by atoms with E-state index in [1.54, 1.807) is 7.11 Å². The maximum absolute atomic E-state index is 11.0. The van der Waals surface area contributed by atoms with Gasteiger partial charge >= 0.3 is 5.97 Å². The van der Waals surface area contributed by atoms with Crippen molar-refractivity contribution in [2.45, 2.75) is 51.6 Å². The summed E-state index contributed by atoms with van der Waals surface area (Å²) in [6.07, 6.45) is 3.66. The molecular formula is C13H25NO3. The molecule has 4 nitrogen and oxygen atoms in total. The fraction of sp³-hybridized carbons (Fsp3) is 0.923. The Hall–Kier alpha value is -0.610. The maximum atomic E-state index is 11.0. The van der Waals surface area contributed by atoms with E-state index in [0.29, 0.717) is 24.6 Å². The van der Waals surface area contributed by atoms with Crippen LogP contribution in [0.4, 0.5) is 0 Å². The molecule has 0 aromatic carbocycles. The van der Waals surface area contributed by atoms with Crippen LogP contribution in [-0.4, -0.2) is 36.9 Å². The van der Waals surface area contributed by atoms with Gasteiger partial charge in [-0.25, -0.2) is 0 Å². The number of hydrogen-bond donors (Lipinski definition) is 2. The number of rotatable bonds is 6. The number of carbonyl (C=O) groups is 1. The number of nitrogens with one attached hydrogen (secondary N) is 1. The van der Waals surface area contributed by atoms with Gasteiger partial charge in [0.1, 0.15) is 0 Å². The van der Waals surface area contributed by atoms with E-state index < -0.39 is 5.97 Å². The molecule has 0 aliphatic heterocycles. The van der Waals surface area contributed by atoms with Crippen molar-refractivity contribution in [3.05, 3.63) is 0 Å². The van der Waals surface area contributed by atoms with Crippen molar-refractivity contribution in [2.75, 3.05) is 13.7 Å². The standard InChI is InChI=1S/C13H25NO3/c1-9(2)12(8-17-3)14-11-6-4-5-10(7-11)13(15)16/h9-12,14H,4-8H2,1-3H3,(H,15,16). The third kappa shape index (κ3) is 4.64. The SMILES string of the molecule is COCC(NC1CCCC(C(=O)O)C1)C(C)C. The van der Waals surface area contributed by atoms with Gasteiger partial charge in [0.15, 0.2) is 0 Å². The minimum Gasteiger partial charge on any atom is -0.481 e. The van der Waals surface area contributed by atoms with E-state index in [1.807, 2.05) is 0 Å². The van der Waals surface area contributed by atoms with Crippen molar-refractivity contribution >= 4 is 5.97 Å². The summed E-state index contributed by atoms with van der Waals surface area (Å²) < 4.78 is 5.20. The Balaban J connectivity index is 2.46. The Kier molecular flexibility index (Phi) is 5.92. The zero-order valence-corrected chi connectivity index (χ0v) is 11.1. The van der Waals surface area contributed by atoms with Gasteiger partial charge in [0, 0.05) is 19.2 Å². The van der Waals surface area contributed by atoms with Crippen LogP contribution in [0, 0.1) is 11.8 Å². The first-order valence-corrected chi connectivity index (χ1v) is 6.52. The van der Waals surface area contributed by atoms with E-state index in [4.69, 9.17) is 9.84 Å². The summed E-state index contributed by atoms with van der Waals surface area (Å²) in [4.78, 5) is 11.0. The molecular weight excluding hydrogens is 218 g/mol. The molecule has 1 saturated carbocycles. The van der Waals surface area contributed by atoms with Gasteiger partial charge in [-0.3, -0.25) is 4.79 Å². The van der Waals surface area contributed by atoms with Gasteiger partial charge in [0.25, 0.3) is 0 Å². The second-order valence-corrected chi connectivity index (χ2v) is 5.37. The molecule has 0 heterocycles. The van der Waals surface area contributed by atoms with E-state index in [9.17, 15) is 4.79 Å². The summed E-state index contributed by atoms with van der Waals surface area (Å²) in [7, 11) is 1.71. The van der Waals surface area contributed by atoms with Gasteiger partial charge in [0.2, 0.25) is 0 Å².